The molecule has 1 saturated heterocycles. The summed E-state index contributed by atoms with van der Waals surface area (Å²) in [5, 5.41) is 4.99. The summed E-state index contributed by atoms with van der Waals surface area (Å²) in [6.45, 7) is 30.4. The van der Waals surface area contributed by atoms with Crippen molar-refractivity contribution in [3.8, 4) is 11.1 Å². The number of nitrogens with one attached hydrogen (secondary N) is 2. The second kappa shape index (κ2) is 18.4. The summed E-state index contributed by atoms with van der Waals surface area (Å²) in [6.07, 6.45) is 14.5. The Balaban J connectivity index is 1.09. The quantitative estimate of drug-likeness (QED) is 0.0833. The Morgan fingerprint density at radius 1 is 1.09 bits per heavy atom. The monoisotopic (exact) mass is 731 g/mol. The second-order valence-electron chi connectivity index (χ2n) is 14.2. The molecule has 1 aliphatic rings. The molecule has 1 aliphatic heterocycles. The number of rotatable bonds is 21. The Morgan fingerprint density at radius 2 is 1.89 bits per heavy atom. The van der Waals surface area contributed by atoms with Crippen LogP contribution >= 0.6 is 11.6 Å². The Labute approximate surface area is 323 Å². The average Bonchev–Trinajstić information content (AvgIpc) is 3.58. The molecular formula is C45H58ClN7. The predicted molar refractivity (Wildman–Crippen MR) is 230 cm³/mol. The van der Waals surface area contributed by atoms with Crippen molar-refractivity contribution in [1.29, 1.82) is 0 Å². The van der Waals surface area contributed by atoms with Crippen LogP contribution in [0.4, 0.5) is 11.4 Å². The molecule has 280 valence electrons. The summed E-state index contributed by atoms with van der Waals surface area (Å²) in [7, 11) is 4.15. The molecule has 2 aromatic heterocycles. The number of halogens is 1. The van der Waals surface area contributed by atoms with E-state index in [4.69, 9.17) is 11.6 Å². The molecule has 0 spiro atoms. The van der Waals surface area contributed by atoms with Gasteiger partial charge in [-0.2, -0.15) is 0 Å². The zero-order valence-electron chi connectivity index (χ0n) is 32.3. The number of aryl methyl sites for hydroxylation is 2. The van der Waals surface area contributed by atoms with E-state index in [1.54, 1.807) is 0 Å². The Kier molecular flexibility index (Phi) is 13.7. The van der Waals surface area contributed by atoms with Gasteiger partial charge in [-0.25, -0.2) is 4.98 Å². The molecule has 5 rings (SSSR count). The van der Waals surface area contributed by atoms with Gasteiger partial charge in [0.2, 0.25) is 0 Å². The largest absolute Gasteiger partial charge is 0.390 e. The van der Waals surface area contributed by atoms with Gasteiger partial charge in [0.25, 0.3) is 0 Å². The zero-order valence-corrected chi connectivity index (χ0v) is 33.1. The molecule has 4 aromatic rings. The summed E-state index contributed by atoms with van der Waals surface area (Å²) in [6, 6.07) is 15.3. The number of pyridine rings is 1. The molecule has 3 heterocycles. The fourth-order valence-corrected chi connectivity index (χ4v) is 7.79. The number of aromatic amines is 1. The Hall–Kier alpha value is -4.72. The van der Waals surface area contributed by atoms with Gasteiger partial charge >= 0.3 is 0 Å². The lowest BCUT2D eigenvalue weighted by molar-refractivity contribution is 0.276. The molecule has 1 fully saturated rings. The first-order valence-corrected chi connectivity index (χ1v) is 19.3. The van der Waals surface area contributed by atoms with Crippen LogP contribution in [-0.4, -0.2) is 72.6 Å². The van der Waals surface area contributed by atoms with Crippen molar-refractivity contribution in [3.63, 3.8) is 0 Å². The number of nitrogens with zero attached hydrogens (tertiary/aromatic N) is 5. The number of fused-ring (bicyclic) bond motifs is 1. The van der Waals surface area contributed by atoms with E-state index < -0.39 is 0 Å². The number of anilines is 2. The number of benzene rings is 2. The van der Waals surface area contributed by atoms with Gasteiger partial charge < -0.3 is 29.9 Å². The van der Waals surface area contributed by atoms with Gasteiger partial charge in [0.1, 0.15) is 5.65 Å². The SMILES string of the molecule is C=CCCC(C(=C)NC)N(C=C)C(=C)c1ccc(N2CC(CCN(C)CCCN(C=C)c3cccc(-c4cnc5[nH]cc(CC)c5c4Cl)c3)C2)cc1C. The van der Waals surface area contributed by atoms with Crippen LogP contribution < -0.4 is 15.1 Å². The van der Waals surface area contributed by atoms with Gasteiger partial charge in [-0.05, 0) is 118 Å². The van der Waals surface area contributed by atoms with Crippen LogP contribution in [0.15, 0.2) is 112 Å². The molecule has 0 saturated carbocycles. The molecule has 0 amide bonds. The highest BCUT2D eigenvalue weighted by Crippen LogP contribution is 2.37. The van der Waals surface area contributed by atoms with Gasteiger partial charge in [-0.15, -0.1) is 6.58 Å². The van der Waals surface area contributed by atoms with E-state index in [-0.39, 0.29) is 6.04 Å². The standard InChI is InChI=1S/C45H58ClN7/c1-10-14-19-42(33(6)47-8)53(13-4)34(7)40-21-20-39(26-32(40)5)52-30-35(31-52)22-25-50(9)23-16-24-51(12-3)38-18-15-17-37(27-38)41-29-49-45-43(44(41)46)36(11-2)28-48-45/h10,12-13,15,17-18,20-21,26-29,35,42,47H,1,3-4,6-7,11,14,16,19,22-25,30-31H2,2,5,8-9H3,(H,48,49). The first kappa shape index (κ1) is 39.5. The molecule has 2 aromatic carbocycles. The van der Waals surface area contributed by atoms with Gasteiger partial charge in [0, 0.05) is 78.4 Å². The van der Waals surface area contributed by atoms with Crippen molar-refractivity contribution in [3.05, 3.63) is 134 Å². The minimum Gasteiger partial charge on any atom is -0.390 e. The maximum atomic E-state index is 6.94. The molecular weight excluding hydrogens is 674 g/mol. The highest BCUT2D eigenvalue weighted by molar-refractivity contribution is 6.38. The first-order chi connectivity index (χ1) is 25.6. The Morgan fingerprint density at radius 3 is 2.57 bits per heavy atom. The topological polar surface area (TPSA) is 53.7 Å². The van der Waals surface area contributed by atoms with Gasteiger partial charge in [0.05, 0.1) is 11.1 Å². The van der Waals surface area contributed by atoms with Gasteiger partial charge in [-0.1, -0.05) is 69.1 Å². The fraction of sp³-hybridized carbons (Fsp3) is 0.356. The number of allylic oxidation sites excluding steroid dienone is 1. The maximum Gasteiger partial charge on any atom is 0.139 e. The smallest absolute Gasteiger partial charge is 0.139 e. The third-order valence-corrected chi connectivity index (χ3v) is 11.1. The van der Waals surface area contributed by atoms with Crippen LogP contribution in [0.1, 0.15) is 49.3 Å². The van der Waals surface area contributed by atoms with E-state index in [0.29, 0.717) is 5.92 Å². The summed E-state index contributed by atoms with van der Waals surface area (Å²) < 4.78 is 0. The van der Waals surface area contributed by atoms with Crippen molar-refractivity contribution in [1.82, 2.24) is 25.1 Å². The number of H-pyrrole nitrogens is 1. The number of hydrogen-bond acceptors (Lipinski definition) is 6. The van der Waals surface area contributed by atoms with Crippen LogP contribution in [0, 0.1) is 12.8 Å². The number of aromatic nitrogens is 2. The highest BCUT2D eigenvalue weighted by atomic mass is 35.5. The molecule has 1 unspecified atom stereocenters. The lowest BCUT2D eigenvalue weighted by Gasteiger charge is -2.42. The van der Waals surface area contributed by atoms with E-state index >= 15 is 0 Å². The van der Waals surface area contributed by atoms with Crippen molar-refractivity contribution < 1.29 is 0 Å². The van der Waals surface area contributed by atoms with E-state index in [9.17, 15) is 0 Å². The van der Waals surface area contributed by atoms with Crippen LogP contribution in [0.5, 0.6) is 0 Å². The second-order valence-corrected chi connectivity index (χ2v) is 14.6. The normalized spacial score (nSPS) is 13.4. The van der Waals surface area contributed by atoms with Crippen LogP contribution in [-0.2, 0) is 6.42 Å². The molecule has 1 atom stereocenters. The maximum absolute atomic E-state index is 6.94. The summed E-state index contributed by atoms with van der Waals surface area (Å²) in [5.74, 6) is 0.703. The molecule has 0 radical (unpaired) electrons. The summed E-state index contributed by atoms with van der Waals surface area (Å²) in [5.41, 5.74) is 10.6. The van der Waals surface area contributed by atoms with E-state index in [0.717, 1.165) is 108 Å². The van der Waals surface area contributed by atoms with Crippen molar-refractivity contribution >= 4 is 39.7 Å². The van der Waals surface area contributed by atoms with Crippen molar-refractivity contribution in [2.24, 2.45) is 5.92 Å². The van der Waals surface area contributed by atoms with Gasteiger partial charge in [0.15, 0.2) is 0 Å². The molecule has 7 nitrogen and oxygen atoms in total. The third kappa shape index (κ3) is 9.09. The molecule has 53 heavy (non-hydrogen) atoms. The van der Waals surface area contributed by atoms with E-state index in [1.165, 1.54) is 23.2 Å². The number of hydrogen-bond donors (Lipinski definition) is 2. The van der Waals surface area contributed by atoms with Crippen molar-refractivity contribution in [2.75, 3.05) is 56.6 Å². The van der Waals surface area contributed by atoms with Crippen molar-refractivity contribution in [2.45, 2.75) is 52.0 Å². The van der Waals surface area contributed by atoms with Gasteiger partial charge in [-0.3, -0.25) is 0 Å². The van der Waals surface area contributed by atoms with Crippen LogP contribution in [0.3, 0.4) is 0 Å². The summed E-state index contributed by atoms with van der Waals surface area (Å²) >= 11 is 6.94. The minimum atomic E-state index is 0.0541. The molecule has 0 bridgehead atoms. The van der Waals surface area contributed by atoms with E-state index in [1.807, 2.05) is 37.9 Å². The number of likely N-dealkylation sites (N-methyl/N-ethyl adjacent to an activating group) is 1. The predicted octanol–water partition coefficient (Wildman–Crippen LogP) is 10.0. The zero-order chi connectivity index (χ0) is 38.1. The lowest BCUT2D eigenvalue weighted by atomic mass is 9.94. The third-order valence-electron chi connectivity index (χ3n) is 10.7. The molecule has 0 aliphatic carbocycles. The van der Waals surface area contributed by atoms with Crippen LogP contribution in [0.2, 0.25) is 5.02 Å². The lowest BCUT2D eigenvalue weighted by Crippen LogP contribution is -2.47. The van der Waals surface area contributed by atoms with E-state index in [2.05, 4.69) is 131 Å². The first-order valence-electron chi connectivity index (χ1n) is 18.9. The highest BCUT2D eigenvalue weighted by Gasteiger charge is 2.28. The molecule has 8 heteroatoms. The van der Waals surface area contributed by atoms with Crippen LogP contribution in [0.25, 0.3) is 27.9 Å². The fourth-order valence-electron chi connectivity index (χ4n) is 7.42. The summed E-state index contributed by atoms with van der Waals surface area (Å²) in [4.78, 5) is 17.2. The minimum absolute atomic E-state index is 0.0541. The average molecular weight is 732 g/mol. The Bertz CT molecular complexity index is 1920. The molecule has 2 N–H and O–H groups in total.